The summed E-state index contributed by atoms with van der Waals surface area (Å²) >= 11 is 0. The minimum atomic E-state index is -0.279. The number of fused-ring (bicyclic) bond motifs is 1. The minimum absolute atomic E-state index is 0.251. The molecule has 1 aromatic heterocycles. The topological polar surface area (TPSA) is 78.2 Å². The van der Waals surface area contributed by atoms with Crippen LogP contribution in [0.15, 0.2) is 53.3 Å². The van der Waals surface area contributed by atoms with Gasteiger partial charge >= 0.3 is 0 Å². The van der Waals surface area contributed by atoms with Gasteiger partial charge in [0.25, 0.3) is 5.56 Å². The maximum Gasteiger partial charge on any atom is 0.276 e. The number of nitrogens with two attached hydrogens (primary N) is 1. The second kappa shape index (κ2) is 7.48. The number of aromatic nitrogens is 2. The molecule has 0 aliphatic carbocycles. The lowest BCUT2D eigenvalue weighted by Crippen LogP contribution is -2.31. The van der Waals surface area contributed by atoms with E-state index in [2.05, 4.69) is 33.9 Å². The van der Waals surface area contributed by atoms with Crippen LogP contribution in [0.2, 0.25) is 0 Å². The van der Waals surface area contributed by atoms with Crippen LogP contribution in [0.5, 0.6) is 0 Å². The van der Waals surface area contributed by atoms with Crippen molar-refractivity contribution in [2.45, 2.75) is 12.5 Å². The molecule has 0 spiro atoms. The smallest absolute Gasteiger partial charge is 0.276 e. The van der Waals surface area contributed by atoms with Crippen LogP contribution < -0.4 is 16.2 Å². The summed E-state index contributed by atoms with van der Waals surface area (Å²) in [5.74, 6) is 0. The lowest BCUT2D eigenvalue weighted by molar-refractivity contribution is 0.315. The third kappa shape index (κ3) is 3.64. The molecule has 2 aromatic carbocycles. The van der Waals surface area contributed by atoms with E-state index in [0.29, 0.717) is 17.3 Å². The standard InChI is InChI=1S/C22H25N5O/c1-26(2)17-10-11-27(14-17)16-8-9-19-20(13-16)24-21(22(28)25-19)18(23)12-15-6-4-3-5-7-15/h3-9,12-13,17H,10-11,14,23H2,1-2H3,(H,25,28)/b18-12-. The lowest BCUT2D eigenvalue weighted by Gasteiger charge is -2.22. The molecule has 0 amide bonds. The van der Waals surface area contributed by atoms with Gasteiger partial charge in [-0.15, -0.1) is 0 Å². The van der Waals surface area contributed by atoms with Crippen molar-refractivity contribution in [1.29, 1.82) is 0 Å². The molecule has 2 heterocycles. The van der Waals surface area contributed by atoms with Crippen LogP contribution >= 0.6 is 0 Å². The Morgan fingerprint density at radius 1 is 1.25 bits per heavy atom. The summed E-state index contributed by atoms with van der Waals surface area (Å²) in [6, 6.07) is 16.2. The predicted molar refractivity (Wildman–Crippen MR) is 115 cm³/mol. The number of nitrogens with one attached hydrogen (secondary N) is 1. The zero-order valence-electron chi connectivity index (χ0n) is 16.2. The van der Waals surface area contributed by atoms with Gasteiger partial charge < -0.3 is 20.5 Å². The van der Waals surface area contributed by atoms with E-state index in [-0.39, 0.29) is 11.3 Å². The molecule has 1 aliphatic rings. The third-order valence-corrected chi connectivity index (χ3v) is 5.33. The van der Waals surface area contributed by atoms with E-state index >= 15 is 0 Å². The zero-order chi connectivity index (χ0) is 19.7. The van der Waals surface area contributed by atoms with Gasteiger partial charge in [-0.1, -0.05) is 30.3 Å². The van der Waals surface area contributed by atoms with Crippen molar-refractivity contribution in [3.05, 3.63) is 70.1 Å². The van der Waals surface area contributed by atoms with Crippen molar-refractivity contribution in [2.24, 2.45) is 5.73 Å². The Hall–Kier alpha value is -3.12. The van der Waals surface area contributed by atoms with Gasteiger partial charge in [-0.2, -0.15) is 0 Å². The molecule has 1 atom stereocenters. The molecule has 1 aliphatic heterocycles. The van der Waals surface area contributed by atoms with Gasteiger partial charge in [0.1, 0.15) is 0 Å². The van der Waals surface area contributed by atoms with Gasteiger partial charge in [-0.3, -0.25) is 4.79 Å². The Labute approximate surface area is 164 Å². The molecule has 1 unspecified atom stereocenters. The predicted octanol–water partition coefficient (Wildman–Crippen LogP) is 2.52. The van der Waals surface area contributed by atoms with E-state index in [1.807, 2.05) is 48.5 Å². The highest BCUT2D eigenvalue weighted by Gasteiger charge is 2.24. The number of hydrogen-bond donors (Lipinski definition) is 2. The van der Waals surface area contributed by atoms with Gasteiger partial charge in [0.2, 0.25) is 0 Å². The van der Waals surface area contributed by atoms with Crippen molar-refractivity contribution in [1.82, 2.24) is 14.9 Å². The molecule has 6 heteroatoms. The number of aromatic amines is 1. The average molecular weight is 375 g/mol. The van der Waals surface area contributed by atoms with Gasteiger partial charge in [0.15, 0.2) is 5.69 Å². The molecule has 28 heavy (non-hydrogen) atoms. The van der Waals surface area contributed by atoms with E-state index < -0.39 is 0 Å². The fourth-order valence-electron chi connectivity index (χ4n) is 3.66. The summed E-state index contributed by atoms with van der Waals surface area (Å²) in [6.45, 7) is 2.01. The molecule has 0 saturated carbocycles. The number of likely N-dealkylation sites (N-methyl/N-ethyl adjacent to an activating group) is 1. The summed E-state index contributed by atoms with van der Waals surface area (Å²) in [7, 11) is 4.24. The first-order valence-electron chi connectivity index (χ1n) is 9.49. The number of benzene rings is 2. The molecule has 4 rings (SSSR count). The molecular weight excluding hydrogens is 350 g/mol. The van der Waals surface area contributed by atoms with E-state index in [9.17, 15) is 4.79 Å². The monoisotopic (exact) mass is 375 g/mol. The molecule has 144 valence electrons. The van der Waals surface area contributed by atoms with Crippen molar-refractivity contribution >= 4 is 28.5 Å². The van der Waals surface area contributed by atoms with Gasteiger partial charge in [-0.05, 0) is 50.4 Å². The van der Waals surface area contributed by atoms with E-state index in [4.69, 9.17) is 5.73 Å². The second-order valence-corrected chi connectivity index (χ2v) is 7.48. The van der Waals surface area contributed by atoms with Crippen molar-refractivity contribution in [3.8, 4) is 0 Å². The second-order valence-electron chi connectivity index (χ2n) is 7.48. The first-order chi connectivity index (χ1) is 13.5. The SMILES string of the molecule is CN(C)C1CCN(c2ccc3[nH]c(=O)c(/C(N)=C/c4ccccc4)nc3c2)C1. The van der Waals surface area contributed by atoms with Crippen LogP contribution in [0.4, 0.5) is 5.69 Å². The molecule has 3 aromatic rings. The van der Waals surface area contributed by atoms with Gasteiger partial charge in [-0.25, -0.2) is 4.98 Å². The van der Waals surface area contributed by atoms with E-state index in [0.717, 1.165) is 36.3 Å². The Bertz CT molecular complexity index is 1070. The summed E-state index contributed by atoms with van der Waals surface area (Å²) in [4.78, 5) is 24.6. The van der Waals surface area contributed by atoms with Crippen molar-refractivity contribution < 1.29 is 0 Å². The fourth-order valence-corrected chi connectivity index (χ4v) is 3.66. The molecule has 0 radical (unpaired) electrons. The van der Waals surface area contributed by atoms with Crippen molar-refractivity contribution in [2.75, 3.05) is 32.1 Å². The highest BCUT2D eigenvalue weighted by atomic mass is 16.1. The number of anilines is 1. The normalized spacial score (nSPS) is 17.6. The number of hydrogen-bond acceptors (Lipinski definition) is 5. The first-order valence-corrected chi connectivity index (χ1v) is 9.49. The maximum atomic E-state index is 12.5. The zero-order valence-corrected chi connectivity index (χ0v) is 16.2. The molecular formula is C22H25N5O. The quantitative estimate of drug-likeness (QED) is 0.733. The molecule has 1 fully saturated rings. The van der Waals surface area contributed by atoms with Crippen LogP contribution in [0.3, 0.4) is 0 Å². The Morgan fingerprint density at radius 3 is 2.75 bits per heavy atom. The Balaban J connectivity index is 1.69. The minimum Gasteiger partial charge on any atom is -0.397 e. The lowest BCUT2D eigenvalue weighted by atomic mass is 10.1. The van der Waals surface area contributed by atoms with Crippen molar-refractivity contribution in [3.63, 3.8) is 0 Å². The number of nitrogens with zero attached hydrogens (tertiary/aromatic N) is 3. The largest absolute Gasteiger partial charge is 0.397 e. The summed E-state index contributed by atoms with van der Waals surface area (Å²) < 4.78 is 0. The first kappa shape index (κ1) is 18.3. The average Bonchev–Trinajstić information content (AvgIpc) is 3.18. The van der Waals surface area contributed by atoms with Crippen LogP contribution in [0.1, 0.15) is 17.7 Å². The Morgan fingerprint density at radius 2 is 2.04 bits per heavy atom. The van der Waals surface area contributed by atoms with E-state index in [1.165, 1.54) is 0 Å². The summed E-state index contributed by atoms with van der Waals surface area (Å²) in [5, 5.41) is 0. The third-order valence-electron chi connectivity index (χ3n) is 5.33. The number of H-pyrrole nitrogens is 1. The number of rotatable bonds is 4. The fraction of sp³-hybridized carbons (Fsp3) is 0.273. The highest BCUT2D eigenvalue weighted by Crippen LogP contribution is 2.25. The van der Waals surface area contributed by atoms with Crippen LogP contribution in [0.25, 0.3) is 22.8 Å². The summed E-state index contributed by atoms with van der Waals surface area (Å²) in [5.41, 5.74) is 10.0. The molecule has 3 N–H and O–H groups in total. The maximum absolute atomic E-state index is 12.5. The molecule has 6 nitrogen and oxygen atoms in total. The van der Waals surface area contributed by atoms with Crippen LogP contribution in [-0.2, 0) is 0 Å². The highest BCUT2D eigenvalue weighted by molar-refractivity contribution is 5.83. The van der Waals surface area contributed by atoms with Gasteiger partial charge in [0.05, 0.1) is 16.7 Å². The van der Waals surface area contributed by atoms with Crippen LogP contribution in [-0.4, -0.2) is 48.1 Å². The van der Waals surface area contributed by atoms with Gasteiger partial charge in [0, 0.05) is 24.8 Å². The van der Waals surface area contributed by atoms with E-state index in [1.54, 1.807) is 6.08 Å². The van der Waals surface area contributed by atoms with Crippen LogP contribution in [0, 0.1) is 0 Å². The molecule has 0 bridgehead atoms. The summed E-state index contributed by atoms with van der Waals surface area (Å²) in [6.07, 6.45) is 2.91. The Kier molecular flexibility index (Phi) is 4.88. The molecule has 1 saturated heterocycles.